The van der Waals surface area contributed by atoms with Crippen molar-refractivity contribution in [3.8, 4) is 0 Å². The van der Waals surface area contributed by atoms with Crippen LogP contribution in [0.15, 0.2) is 17.3 Å². The van der Waals surface area contributed by atoms with Crippen LogP contribution in [0.2, 0.25) is 0 Å². The van der Waals surface area contributed by atoms with Crippen LogP contribution in [-0.4, -0.2) is 11.8 Å². The lowest BCUT2D eigenvalue weighted by Crippen LogP contribution is -2.13. The van der Waals surface area contributed by atoms with Gasteiger partial charge in [-0.2, -0.15) is 4.91 Å². The first-order valence-electron chi connectivity index (χ1n) is 2.61. The SMILES string of the molecule is C=C(C)C(=O)C(C)N=O. The van der Waals surface area contributed by atoms with E-state index in [2.05, 4.69) is 11.8 Å². The van der Waals surface area contributed by atoms with Crippen LogP contribution < -0.4 is 0 Å². The van der Waals surface area contributed by atoms with Crippen LogP contribution in [0.4, 0.5) is 0 Å². The van der Waals surface area contributed by atoms with Crippen LogP contribution >= 0.6 is 0 Å². The summed E-state index contributed by atoms with van der Waals surface area (Å²) >= 11 is 0. The van der Waals surface area contributed by atoms with E-state index in [0.717, 1.165) is 0 Å². The fourth-order valence-electron chi connectivity index (χ4n) is 0.404. The number of hydrogen-bond acceptors (Lipinski definition) is 3. The van der Waals surface area contributed by atoms with Crippen molar-refractivity contribution in [1.29, 1.82) is 0 Å². The summed E-state index contributed by atoms with van der Waals surface area (Å²) in [6, 6.07) is -0.775. The lowest BCUT2D eigenvalue weighted by molar-refractivity contribution is -0.116. The molecule has 1 unspecified atom stereocenters. The molecular weight excluding hydrogens is 118 g/mol. The molecule has 0 aromatic carbocycles. The molecule has 50 valence electrons. The molecule has 0 fully saturated rings. The van der Waals surface area contributed by atoms with Crippen molar-refractivity contribution in [2.45, 2.75) is 19.9 Å². The summed E-state index contributed by atoms with van der Waals surface area (Å²) in [6.07, 6.45) is 0. The van der Waals surface area contributed by atoms with Crippen molar-refractivity contribution in [2.75, 3.05) is 0 Å². The van der Waals surface area contributed by atoms with Gasteiger partial charge < -0.3 is 0 Å². The quantitative estimate of drug-likeness (QED) is 0.423. The van der Waals surface area contributed by atoms with E-state index in [9.17, 15) is 9.70 Å². The zero-order valence-electron chi connectivity index (χ0n) is 5.55. The van der Waals surface area contributed by atoms with Crippen LogP contribution in [-0.2, 0) is 4.79 Å². The van der Waals surface area contributed by atoms with Crippen LogP contribution in [0.1, 0.15) is 13.8 Å². The molecule has 0 aliphatic carbocycles. The molecule has 0 bridgehead atoms. The van der Waals surface area contributed by atoms with Crippen molar-refractivity contribution in [3.05, 3.63) is 17.1 Å². The minimum absolute atomic E-state index is 0.287. The Balaban J connectivity index is 4.03. The number of Topliss-reactive ketones (excluding diaryl/α,β-unsaturated/α-hetero) is 1. The Morgan fingerprint density at radius 3 is 2.22 bits per heavy atom. The van der Waals surface area contributed by atoms with Gasteiger partial charge in [0.1, 0.15) is 0 Å². The fraction of sp³-hybridized carbons (Fsp3) is 0.500. The Kier molecular flexibility index (Phi) is 2.78. The lowest BCUT2D eigenvalue weighted by Gasteiger charge is -1.97. The second-order valence-electron chi connectivity index (χ2n) is 1.93. The molecule has 0 aliphatic rings. The molecule has 0 aliphatic heterocycles. The van der Waals surface area contributed by atoms with Crippen LogP contribution in [0, 0.1) is 4.91 Å². The molecule has 0 amide bonds. The Hall–Kier alpha value is -0.990. The Labute approximate surface area is 53.7 Å². The molecule has 0 N–H and O–H groups in total. The molecule has 3 nitrogen and oxygen atoms in total. The summed E-state index contributed by atoms with van der Waals surface area (Å²) in [5.74, 6) is -0.287. The Morgan fingerprint density at radius 2 is 2.11 bits per heavy atom. The molecule has 0 saturated carbocycles. The third kappa shape index (κ3) is 2.17. The van der Waals surface area contributed by atoms with E-state index >= 15 is 0 Å². The molecule has 0 rings (SSSR count). The zero-order valence-corrected chi connectivity index (χ0v) is 5.55. The van der Waals surface area contributed by atoms with Gasteiger partial charge in [0, 0.05) is 0 Å². The zero-order chi connectivity index (χ0) is 7.44. The van der Waals surface area contributed by atoms with E-state index in [1.165, 1.54) is 6.92 Å². The van der Waals surface area contributed by atoms with E-state index in [-0.39, 0.29) is 5.78 Å². The largest absolute Gasteiger partial charge is 0.292 e. The molecular formula is C6H9NO2. The van der Waals surface area contributed by atoms with E-state index in [0.29, 0.717) is 5.57 Å². The Morgan fingerprint density at radius 1 is 1.67 bits per heavy atom. The van der Waals surface area contributed by atoms with E-state index in [1.54, 1.807) is 6.92 Å². The van der Waals surface area contributed by atoms with E-state index < -0.39 is 6.04 Å². The van der Waals surface area contributed by atoms with Gasteiger partial charge in [-0.15, -0.1) is 0 Å². The van der Waals surface area contributed by atoms with Gasteiger partial charge in [0.05, 0.1) is 0 Å². The summed E-state index contributed by atoms with van der Waals surface area (Å²) < 4.78 is 0. The molecule has 3 heteroatoms. The van der Waals surface area contributed by atoms with E-state index in [1.807, 2.05) is 0 Å². The molecule has 0 aromatic heterocycles. The first-order valence-corrected chi connectivity index (χ1v) is 2.61. The standard InChI is InChI=1S/C6H9NO2/c1-4(2)6(8)5(3)7-9/h5H,1H2,2-3H3. The molecule has 0 radical (unpaired) electrons. The fourth-order valence-corrected chi connectivity index (χ4v) is 0.404. The average molecular weight is 127 g/mol. The summed E-state index contributed by atoms with van der Waals surface area (Å²) in [7, 11) is 0. The minimum atomic E-state index is -0.775. The second kappa shape index (κ2) is 3.12. The minimum Gasteiger partial charge on any atom is -0.292 e. The highest BCUT2D eigenvalue weighted by molar-refractivity contribution is 5.98. The normalized spacial score (nSPS) is 12.2. The summed E-state index contributed by atoms with van der Waals surface area (Å²) in [5, 5.41) is 2.55. The maximum Gasteiger partial charge on any atom is 0.185 e. The highest BCUT2D eigenvalue weighted by Gasteiger charge is 2.12. The number of rotatable bonds is 3. The van der Waals surface area contributed by atoms with Crippen LogP contribution in [0.5, 0.6) is 0 Å². The first kappa shape index (κ1) is 8.01. The number of carbonyl (C=O) groups is 1. The monoisotopic (exact) mass is 127 g/mol. The predicted molar refractivity (Wildman–Crippen MR) is 35.1 cm³/mol. The van der Waals surface area contributed by atoms with Gasteiger partial charge in [0.15, 0.2) is 11.8 Å². The summed E-state index contributed by atoms with van der Waals surface area (Å²) in [4.78, 5) is 20.4. The number of nitroso groups, excluding NO2 is 1. The Bertz CT molecular complexity index is 151. The number of nitrogens with zero attached hydrogens (tertiary/aromatic N) is 1. The molecule has 1 atom stereocenters. The molecule has 0 aromatic rings. The van der Waals surface area contributed by atoms with Crippen LogP contribution in [0.3, 0.4) is 0 Å². The highest BCUT2D eigenvalue weighted by Crippen LogP contribution is 1.98. The summed E-state index contributed by atoms with van der Waals surface area (Å²) in [6.45, 7) is 6.38. The van der Waals surface area contributed by atoms with Crippen molar-refractivity contribution < 1.29 is 4.79 Å². The number of hydrogen-bond donors (Lipinski definition) is 0. The van der Waals surface area contributed by atoms with Gasteiger partial charge in [-0.05, 0) is 19.4 Å². The van der Waals surface area contributed by atoms with E-state index in [4.69, 9.17) is 0 Å². The third-order valence-corrected chi connectivity index (χ3v) is 0.958. The lowest BCUT2D eigenvalue weighted by atomic mass is 10.1. The first-order chi connectivity index (χ1) is 4.09. The van der Waals surface area contributed by atoms with Crippen LogP contribution in [0.25, 0.3) is 0 Å². The third-order valence-electron chi connectivity index (χ3n) is 0.958. The highest BCUT2D eigenvalue weighted by atomic mass is 16.3. The molecule has 0 saturated heterocycles. The molecule has 0 heterocycles. The second-order valence-corrected chi connectivity index (χ2v) is 1.93. The molecule has 9 heavy (non-hydrogen) atoms. The topological polar surface area (TPSA) is 46.5 Å². The van der Waals surface area contributed by atoms with Gasteiger partial charge in [-0.3, -0.25) is 4.79 Å². The van der Waals surface area contributed by atoms with Crippen molar-refractivity contribution in [2.24, 2.45) is 5.18 Å². The van der Waals surface area contributed by atoms with Gasteiger partial charge in [-0.25, -0.2) is 0 Å². The maximum atomic E-state index is 10.7. The van der Waals surface area contributed by atoms with Gasteiger partial charge >= 0.3 is 0 Å². The van der Waals surface area contributed by atoms with Crippen molar-refractivity contribution in [1.82, 2.24) is 0 Å². The smallest absolute Gasteiger partial charge is 0.185 e. The average Bonchev–Trinajstić information content (AvgIpc) is 1.84. The van der Waals surface area contributed by atoms with Gasteiger partial charge in [0.2, 0.25) is 0 Å². The van der Waals surface area contributed by atoms with Gasteiger partial charge in [0.25, 0.3) is 0 Å². The number of carbonyl (C=O) groups excluding carboxylic acids is 1. The predicted octanol–water partition coefficient (Wildman–Crippen LogP) is 1.29. The van der Waals surface area contributed by atoms with Gasteiger partial charge in [-0.1, -0.05) is 11.8 Å². The maximum absolute atomic E-state index is 10.7. The number of ketones is 1. The van der Waals surface area contributed by atoms with Crippen molar-refractivity contribution >= 4 is 5.78 Å². The summed E-state index contributed by atoms with van der Waals surface area (Å²) in [5.41, 5.74) is 0.377. The molecule has 0 spiro atoms. The van der Waals surface area contributed by atoms with Crippen molar-refractivity contribution in [3.63, 3.8) is 0 Å².